The van der Waals surface area contributed by atoms with Gasteiger partial charge in [-0.25, -0.2) is 0 Å². The quantitative estimate of drug-likeness (QED) is 0.623. The molecule has 1 aliphatic heterocycles. The van der Waals surface area contributed by atoms with Crippen molar-refractivity contribution >= 4 is 0 Å². The lowest BCUT2D eigenvalue weighted by Crippen LogP contribution is -2.33. The lowest BCUT2D eigenvalue weighted by Gasteiger charge is -2.34. The van der Waals surface area contributed by atoms with E-state index in [2.05, 4.69) is 25.8 Å². The maximum atomic E-state index is 2.49. The van der Waals surface area contributed by atoms with E-state index in [1.807, 2.05) is 0 Å². The molecule has 0 N–H and O–H groups in total. The Balaban J connectivity index is 2.34. The summed E-state index contributed by atoms with van der Waals surface area (Å²) >= 11 is 0. The molecule has 1 nitrogen and oxygen atoms in total. The fraction of sp³-hybridized carbons (Fsp3) is 1.00. The molecule has 1 fully saturated rings. The van der Waals surface area contributed by atoms with E-state index in [4.69, 9.17) is 0 Å². The van der Waals surface area contributed by atoms with Gasteiger partial charge in [-0.05, 0) is 44.8 Å². The number of likely N-dealkylation sites (tertiary alicyclic amines) is 1. The van der Waals surface area contributed by atoms with Crippen LogP contribution in [0.25, 0.3) is 0 Å². The summed E-state index contributed by atoms with van der Waals surface area (Å²) in [6.07, 6.45) is 11.5. The number of rotatable bonds is 7. The van der Waals surface area contributed by atoms with Gasteiger partial charge in [-0.1, -0.05) is 52.4 Å². The van der Waals surface area contributed by atoms with E-state index in [-0.39, 0.29) is 0 Å². The summed E-state index contributed by atoms with van der Waals surface area (Å²) in [6, 6.07) is 0. The molecule has 0 atom stereocenters. The van der Waals surface area contributed by atoms with Crippen LogP contribution in [0.1, 0.15) is 65.2 Å². The molecule has 16 heavy (non-hydrogen) atoms. The van der Waals surface area contributed by atoms with Crippen molar-refractivity contribution in [3.63, 3.8) is 0 Å². The fourth-order valence-electron chi connectivity index (χ4n) is 3.05. The zero-order valence-corrected chi connectivity index (χ0v) is 11.7. The van der Waals surface area contributed by atoms with E-state index in [1.54, 1.807) is 0 Å². The first-order chi connectivity index (χ1) is 7.77. The molecule has 1 heterocycles. The Morgan fingerprint density at radius 1 is 1.00 bits per heavy atom. The molecule has 0 unspecified atom stereocenters. The molecule has 0 aromatic carbocycles. The Hall–Kier alpha value is -0.0400. The molecule has 0 aromatic heterocycles. The van der Waals surface area contributed by atoms with Crippen LogP contribution in [0.15, 0.2) is 0 Å². The zero-order valence-electron chi connectivity index (χ0n) is 11.7. The van der Waals surface area contributed by atoms with Crippen molar-refractivity contribution in [2.75, 3.05) is 20.1 Å². The molecule has 0 amide bonds. The van der Waals surface area contributed by atoms with Crippen molar-refractivity contribution < 1.29 is 0 Å². The Kier molecular flexibility index (Phi) is 7.11. The summed E-state index contributed by atoms with van der Waals surface area (Å²) in [6.45, 7) is 7.32. The van der Waals surface area contributed by atoms with Crippen molar-refractivity contribution in [1.29, 1.82) is 0 Å². The fourth-order valence-corrected chi connectivity index (χ4v) is 3.05. The van der Waals surface area contributed by atoms with E-state index in [0.29, 0.717) is 0 Å². The van der Waals surface area contributed by atoms with Gasteiger partial charge in [0.2, 0.25) is 0 Å². The van der Waals surface area contributed by atoms with Gasteiger partial charge >= 0.3 is 0 Å². The van der Waals surface area contributed by atoms with Gasteiger partial charge in [0.15, 0.2) is 0 Å². The highest BCUT2D eigenvalue weighted by Crippen LogP contribution is 2.31. The van der Waals surface area contributed by atoms with E-state index < -0.39 is 0 Å². The standard InChI is InChI=1S/C15H31N/c1-4-6-8-14(9-7-5-2)15-10-12-16(3)13-11-15/h14-15H,4-13H2,1-3H3. The van der Waals surface area contributed by atoms with E-state index in [1.165, 1.54) is 64.5 Å². The molecule has 1 aliphatic rings. The maximum absolute atomic E-state index is 2.49. The first-order valence-corrected chi connectivity index (χ1v) is 7.46. The molecule has 0 aromatic rings. The second-order valence-corrected chi connectivity index (χ2v) is 5.69. The lowest BCUT2D eigenvalue weighted by molar-refractivity contribution is 0.156. The first kappa shape index (κ1) is 14.0. The minimum absolute atomic E-state index is 1.04. The molecule has 0 spiro atoms. The summed E-state index contributed by atoms with van der Waals surface area (Å²) in [5, 5.41) is 0. The minimum atomic E-state index is 1.04. The Bertz CT molecular complexity index is 151. The largest absolute Gasteiger partial charge is 0.306 e. The van der Waals surface area contributed by atoms with Gasteiger partial charge in [0.05, 0.1) is 0 Å². The van der Waals surface area contributed by atoms with Gasteiger partial charge in [-0.3, -0.25) is 0 Å². The topological polar surface area (TPSA) is 3.24 Å². The summed E-state index contributed by atoms with van der Waals surface area (Å²) < 4.78 is 0. The molecule has 96 valence electrons. The average Bonchev–Trinajstić information content (AvgIpc) is 2.31. The normalized spacial score (nSPS) is 19.5. The van der Waals surface area contributed by atoms with E-state index in [0.717, 1.165) is 11.8 Å². The van der Waals surface area contributed by atoms with Crippen molar-refractivity contribution in [2.45, 2.75) is 65.2 Å². The van der Waals surface area contributed by atoms with Crippen LogP contribution in [-0.4, -0.2) is 25.0 Å². The molecule has 1 heteroatoms. The third-order valence-corrected chi connectivity index (χ3v) is 4.29. The summed E-state index contributed by atoms with van der Waals surface area (Å²) in [7, 11) is 2.27. The molecule has 1 saturated heterocycles. The van der Waals surface area contributed by atoms with Crippen LogP contribution in [-0.2, 0) is 0 Å². The molecule has 0 aliphatic carbocycles. The van der Waals surface area contributed by atoms with Crippen molar-refractivity contribution in [2.24, 2.45) is 11.8 Å². The highest BCUT2D eigenvalue weighted by atomic mass is 15.1. The van der Waals surface area contributed by atoms with Crippen LogP contribution in [0, 0.1) is 11.8 Å². The molecular formula is C15H31N. The van der Waals surface area contributed by atoms with Crippen LogP contribution in [0.5, 0.6) is 0 Å². The molecule has 0 bridgehead atoms. The highest BCUT2D eigenvalue weighted by molar-refractivity contribution is 4.76. The Morgan fingerprint density at radius 3 is 1.94 bits per heavy atom. The summed E-state index contributed by atoms with van der Waals surface area (Å²) in [4.78, 5) is 2.49. The number of hydrogen-bond donors (Lipinski definition) is 0. The lowest BCUT2D eigenvalue weighted by atomic mass is 9.79. The molecule has 0 saturated carbocycles. The second kappa shape index (κ2) is 8.11. The van der Waals surface area contributed by atoms with Crippen LogP contribution in [0.2, 0.25) is 0 Å². The predicted molar refractivity (Wildman–Crippen MR) is 72.8 cm³/mol. The highest BCUT2D eigenvalue weighted by Gasteiger charge is 2.24. The third kappa shape index (κ3) is 4.86. The number of nitrogens with zero attached hydrogens (tertiary/aromatic N) is 1. The second-order valence-electron chi connectivity index (χ2n) is 5.69. The van der Waals surface area contributed by atoms with Crippen LogP contribution < -0.4 is 0 Å². The summed E-state index contributed by atoms with van der Waals surface area (Å²) in [5.74, 6) is 2.07. The van der Waals surface area contributed by atoms with Crippen LogP contribution in [0.4, 0.5) is 0 Å². The monoisotopic (exact) mass is 225 g/mol. The van der Waals surface area contributed by atoms with Gasteiger partial charge in [-0.2, -0.15) is 0 Å². The summed E-state index contributed by atoms with van der Waals surface area (Å²) in [5.41, 5.74) is 0. The van der Waals surface area contributed by atoms with Crippen LogP contribution in [0.3, 0.4) is 0 Å². The number of hydrogen-bond acceptors (Lipinski definition) is 1. The maximum Gasteiger partial charge on any atom is -0.00190 e. The van der Waals surface area contributed by atoms with Crippen LogP contribution >= 0.6 is 0 Å². The molecule has 0 radical (unpaired) electrons. The van der Waals surface area contributed by atoms with Crippen molar-refractivity contribution in [3.8, 4) is 0 Å². The van der Waals surface area contributed by atoms with E-state index in [9.17, 15) is 0 Å². The SMILES string of the molecule is CCCCC(CCCC)C1CCN(C)CC1. The predicted octanol–water partition coefficient (Wildman–Crippen LogP) is 4.32. The first-order valence-electron chi connectivity index (χ1n) is 7.46. The van der Waals surface area contributed by atoms with Gasteiger partial charge < -0.3 is 4.90 Å². The Morgan fingerprint density at radius 2 is 1.50 bits per heavy atom. The molecule has 1 rings (SSSR count). The van der Waals surface area contributed by atoms with Crippen molar-refractivity contribution in [3.05, 3.63) is 0 Å². The third-order valence-electron chi connectivity index (χ3n) is 4.29. The van der Waals surface area contributed by atoms with Gasteiger partial charge in [0.25, 0.3) is 0 Å². The smallest absolute Gasteiger partial charge is 0.00190 e. The molecular weight excluding hydrogens is 194 g/mol. The van der Waals surface area contributed by atoms with Gasteiger partial charge in [0.1, 0.15) is 0 Å². The minimum Gasteiger partial charge on any atom is -0.306 e. The number of piperidine rings is 1. The van der Waals surface area contributed by atoms with E-state index >= 15 is 0 Å². The Labute approximate surface area is 103 Å². The van der Waals surface area contributed by atoms with Gasteiger partial charge in [0, 0.05) is 0 Å². The van der Waals surface area contributed by atoms with Crippen molar-refractivity contribution in [1.82, 2.24) is 4.90 Å². The number of unbranched alkanes of at least 4 members (excludes halogenated alkanes) is 2. The average molecular weight is 225 g/mol. The van der Waals surface area contributed by atoms with Gasteiger partial charge in [-0.15, -0.1) is 0 Å². The zero-order chi connectivity index (χ0) is 11.8.